The van der Waals surface area contributed by atoms with E-state index in [4.69, 9.17) is 14.2 Å². The van der Waals surface area contributed by atoms with E-state index < -0.39 is 34.1 Å². The lowest BCUT2D eigenvalue weighted by Gasteiger charge is -2.54. The second-order valence-corrected chi connectivity index (χ2v) is 12.3. The maximum Gasteiger partial charge on any atom is 0.425 e. The number of hydrogen-bond donors (Lipinski definition) is 1. The SMILES string of the molecule is CC1(C)COCC[C@]23O[C@]2(CC[C@@H]2C3=CC[C@@]3(C)[C@H]2CC[C@@]3(O)C(C)(F)C(F)(F)F)COC1. The number of ether oxygens (including phenoxy) is 3. The normalized spacial score (nSPS) is 48.9. The molecule has 188 valence electrons. The summed E-state index contributed by atoms with van der Waals surface area (Å²) >= 11 is 0. The molecule has 7 atom stereocenters. The molecule has 1 N–H and O–H groups in total. The van der Waals surface area contributed by atoms with Gasteiger partial charge in [-0.3, -0.25) is 0 Å². The zero-order chi connectivity index (χ0) is 24.1. The van der Waals surface area contributed by atoms with Crippen molar-refractivity contribution >= 4 is 0 Å². The van der Waals surface area contributed by atoms with Crippen LogP contribution < -0.4 is 0 Å². The molecule has 5 rings (SSSR count). The Kier molecular flexibility index (Phi) is 5.06. The molecule has 0 aromatic rings. The molecule has 0 bridgehead atoms. The Bertz CT molecular complexity index is 854. The molecule has 33 heavy (non-hydrogen) atoms. The lowest BCUT2D eigenvalue weighted by molar-refractivity contribution is -0.304. The van der Waals surface area contributed by atoms with E-state index in [9.17, 15) is 18.3 Å². The zero-order valence-electron chi connectivity index (χ0n) is 20.0. The van der Waals surface area contributed by atoms with Crippen LogP contribution in [0.4, 0.5) is 17.6 Å². The van der Waals surface area contributed by atoms with Crippen molar-refractivity contribution in [3.8, 4) is 0 Å². The van der Waals surface area contributed by atoms with Gasteiger partial charge in [-0.05, 0) is 56.4 Å². The van der Waals surface area contributed by atoms with Crippen molar-refractivity contribution < 1.29 is 36.9 Å². The molecule has 0 aromatic heterocycles. The number of fused-ring (bicyclic) bond motifs is 3. The summed E-state index contributed by atoms with van der Waals surface area (Å²) in [5.74, 6) is -0.260. The van der Waals surface area contributed by atoms with Crippen LogP contribution in [0.2, 0.25) is 0 Å². The molecule has 4 nitrogen and oxygen atoms in total. The fourth-order valence-electron chi connectivity index (χ4n) is 7.77. The highest BCUT2D eigenvalue weighted by Gasteiger charge is 2.79. The van der Waals surface area contributed by atoms with Crippen molar-refractivity contribution in [3.63, 3.8) is 0 Å². The minimum atomic E-state index is -5.14. The van der Waals surface area contributed by atoms with E-state index in [2.05, 4.69) is 13.8 Å². The Morgan fingerprint density at radius 3 is 2.36 bits per heavy atom. The van der Waals surface area contributed by atoms with Crippen molar-refractivity contribution in [2.24, 2.45) is 22.7 Å². The first-order valence-corrected chi connectivity index (χ1v) is 12.2. The molecule has 2 saturated heterocycles. The first-order chi connectivity index (χ1) is 15.2. The topological polar surface area (TPSA) is 51.2 Å². The Balaban J connectivity index is 1.47. The average Bonchev–Trinajstić information content (AvgIpc) is 3.28. The molecule has 2 heterocycles. The highest BCUT2D eigenvalue weighted by Crippen LogP contribution is 2.72. The molecule has 0 amide bonds. The maximum absolute atomic E-state index is 15.3. The molecule has 1 unspecified atom stereocenters. The summed E-state index contributed by atoms with van der Waals surface area (Å²) in [5, 5.41) is 11.3. The molecule has 0 aromatic carbocycles. The molecule has 8 heteroatoms. The van der Waals surface area contributed by atoms with Crippen LogP contribution in [0.3, 0.4) is 0 Å². The van der Waals surface area contributed by atoms with Gasteiger partial charge in [0.1, 0.15) is 16.8 Å². The third-order valence-corrected chi connectivity index (χ3v) is 9.83. The monoisotopic (exact) mass is 476 g/mol. The fraction of sp³-hybridized carbons (Fsp3) is 0.920. The van der Waals surface area contributed by atoms with Crippen LogP contribution in [0, 0.1) is 22.7 Å². The third-order valence-electron chi connectivity index (χ3n) is 9.83. The summed E-state index contributed by atoms with van der Waals surface area (Å²) in [4.78, 5) is 0. The fourth-order valence-corrected chi connectivity index (χ4v) is 7.77. The van der Waals surface area contributed by atoms with Crippen molar-refractivity contribution in [3.05, 3.63) is 11.6 Å². The Morgan fingerprint density at radius 1 is 0.970 bits per heavy atom. The summed E-state index contributed by atoms with van der Waals surface area (Å²) in [6.07, 6.45) is -0.646. The number of rotatable bonds is 1. The van der Waals surface area contributed by atoms with Crippen molar-refractivity contribution in [2.75, 3.05) is 26.4 Å². The maximum atomic E-state index is 15.3. The second-order valence-electron chi connectivity index (χ2n) is 12.3. The smallest absolute Gasteiger partial charge is 0.386 e. The van der Waals surface area contributed by atoms with Crippen LogP contribution in [0.25, 0.3) is 0 Å². The van der Waals surface area contributed by atoms with Gasteiger partial charge in [-0.2, -0.15) is 13.2 Å². The van der Waals surface area contributed by atoms with Gasteiger partial charge < -0.3 is 19.3 Å². The van der Waals surface area contributed by atoms with Crippen LogP contribution in [-0.4, -0.2) is 60.2 Å². The van der Waals surface area contributed by atoms with Gasteiger partial charge in [0.05, 0.1) is 19.8 Å². The van der Waals surface area contributed by atoms with Crippen molar-refractivity contribution in [1.29, 1.82) is 0 Å². The summed E-state index contributed by atoms with van der Waals surface area (Å²) in [6.45, 7) is 8.55. The first kappa shape index (κ1) is 24.0. The van der Waals surface area contributed by atoms with Crippen LogP contribution in [-0.2, 0) is 14.2 Å². The Labute approximate surface area is 193 Å². The molecule has 4 fully saturated rings. The lowest BCUT2D eigenvalue weighted by Crippen LogP contribution is -2.65. The minimum absolute atomic E-state index is 0.0307. The van der Waals surface area contributed by atoms with E-state index in [1.54, 1.807) is 6.92 Å². The molecule has 0 spiro atoms. The van der Waals surface area contributed by atoms with Gasteiger partial charge in [0.15, 0.2) is 0 Å². The van der Waals surface area contributed by atoms with Gasteiger partial charge in [0, 0.05) is 23.9 Å². The summed E-state index contributed by atoms with van der Waals surface area (Å²) in [6, 6.07) is 0. The van der Waals surface area contributed by atoms with Gasteiger partial charge in [0.25, 0.3) is 0 Å². The number of epoxide rings is 1. The van der Waals surface area contributed by atoms with E-state index in [-0.39, 0.29) is 30.1 Å². The molecular formula is C25H36F4O4. The molecule has 3 aliphatic carbocycles. The van der Waals surface area contributed by atoms with Gasteiger partial charge in [0.2, 0.25) is 5.67 Å². The summed E-state index contributed by atoms with van der Waals surface area (Å²) in [5.41, 5.74) is -7.25. The standard InChI is InChI=1S/C25H36F4O4/c1-19(2)13-31-12-11-23-18-6-8-20(3)17(7-10-24(20,30)21(4,26)25(27,28)29)16(18)5-9-22(23,33-23)15-32-14-19/h6,16-17,30H,5,7-15H2,1-4H3/t16-,17-,20-,21?,22+,23+,24-/m0/s1. The van der Waals surface area contributed by atoms with Gasteiger partial charge >= 0.3 is 6.18 Å². The van der Waals surface area contributed by atoms with Crippen molar-refractivity contribution in [2.45, 2.75) is 94.9 Å². The second kappa shape index (κ2) is 6.95. The predicted octanol–water partition coefficient (Wildman–Crippen LogP) is 5.14. The summed E-state index contributed by atoms with van der Waals surface area (Å²) < 4.78 is 74.9. The highest BCUT2D eigenvalue weighted by atomic mass is 19.4. The quantitative estimate of drug-likeness (QED) is 0.324. The van der Waals surface area contributed by atoms with Gasteiger partial charge in [-0.1, -0.05) is 26.8 Å². The third kappa shape index (κ3) is 3.02. The van der Waals surface area contributed by atoms with Crippen LogP contribution in [0.1, 0.15) is 66.2 Å². The van der Waals surface area contributed by atoms with E-state index in [1.807, 2.05) is 6.08 Å². The van der Waals surface area contributed by atoms with Crippen LogP contribution in [0.5, 0.6) is 0 Å². The van der Waals surface area contributed by atoms with E-state index in [1.165, 1.54) is 0 Å². The van der Waals surface area contributed by atoms with E-state index in [0.717, 1.165) is 18.4 Å². The van der Waals surface area contributed by atoms with Crippen LogP contribution in [0.15, 0.2) is 11.6 Å². The first-order valence-electron chi connectivity index (χ1n) is 12.2. The summed E-state index contributed by atoms with van der Waals surface area (Å²) in [7, 11) is 0. The van der Waals surface area contributed by atoms with Crippen LogP contribution >= 0.6 is 0 Å². The van der Waals surface area contributed by atoms with Gasteiger partial charge in [-0.15, -0.1) is 0 Å². The zero-order valence-corrected chi connectivity index (χ0v) is 20.0. The van der Waals surface area contributed by atoms with E-state index >= 15 is 4.39 Å². The minimum Gasteiger partial charge on any atom is -0.386 e. The van der Waals surface area contributed by atoms with E-state index in [0.29, 0.717) is 46.2 Å². The Hall–Kier alpha value is -0.700. The number of aliphatic hydroxyl groups is 1. The molecule has 5 aliphatic rings. The molecule has 2 aliphatic heterocycles. The molecular weight excluding hydrogens is 440 g/mol. The highest BCUT2D eigenvalue weighted by molar-refractivity contribution is 5.42. The van der Waals surface area contributed by atoms with Gasteiger partial charge in [-0.25, -0.2) is 4.39 Å². The average molecular weight is 477 g/mol. The van der Waals surface area contributed by atoms with Crippen molar-refractivity contribution in [1.82, 2.24) is 0 Å². The Morgan fingerprint density at radius 2 is 1.67 bits per heavy atom. The predicted molar refractivity (Wildman–Crippen MR) is 113 cm³/mol. The molecule has 0 radical (unpaired) electrons. The number of hydrogen-bond acceptors (Lipinski definition) is 4. The number of allylic oxidation sites excluding steroid dienone is 1. The number of alkyl halides is 4. The lowest BCUT2D eigenvalue weighted by atomic mass is 9.53. The number of halogens is 4. The largest absolute Gasteiger partial charge is 0.425 e. The molecule has 2 saturated carbocycles.